The molecule has 1 saturated carbocycles. The van der Waals surface area contributed by atoms with Crippen LogP contribution in [0.3, 0.4) is 0 Å². The molecule has 8 heteroatoms. The van der Waals surface area contributed by atoms with Gasteiger partial charge in [0.2, 0.25) is 11.8 Å². The highest BCUT2D eigenvalue weighted by molar-refractivity contribution is 7.92. The first-order valence-corrected chi connectivity index (χ1v) is 16.3. The average Bonchev–Trinajstić information content (AvgIpc) is 2.99. The molecule has 42 heavy (non-hydrogen) atoms. The van der Waals surface area contributed by atoms with E-state index in [0.717, 1.165) is 47.9 Å². The fraction of sp³-hybridized carbons (Fsp3) is 0.412. The molecule has 0 bridgehead atoms. The van der Waals surface area contributed by atoms with Gasteiger partial charge in [-0.3, -0.25) is 13.9 Å². The molecule has 1 aliphatic rings. The van der Waals surface area contributed by atoms with Crippen LogP contribution in [0.15, 0.2) is 77.7 Å². The van der Waals surface area contributed by atoms with Gasteiger partial charge in [0.05, 0.1) is 10.6 Å². The lowest BCUT2D eigenvalue weighted by Gasteiger charge is -2.35. The molecular formula is C34H43N3O4S. The molecule has 0 unspecified atom stereocenters. The first-order valence-electron chi connectivity index (χ1n) is 14.9. The summed E-state index contributed by atoms with van der Waals surface area (Å²) in [6.07, 6.45) is 5.61. The van der Waals surface area contributed by atoms with Crippen LogP contribution in [0.2, 0.25) is 0 Å². The monoisotopic (exact) mass is 589 g/mol. The van der Waals surface area contributed by atoms with Crippen LogP contribution < -0.4 is 9.62 Å². The minimum atomic E-state index is -4.09. The first-order chi connectivity index (χ1) is 20.1. The highest BCUT2D eigenvalue weighted by Gasteiger charge is 2.35. The number of carbonyl (C=O) groups excluding carboxylic acids is 2. The third kappa shape index (κ3) is 7.40. The van der Waals surface area contributed by atoms with Gasteiger partial charge in [0.25, 0.3) is 10.0 Å². The smallest absolute Gasteiger partial charge is 0.264 e. The van der Waals surface area contributed by atoms with Crippen LogP contribution in [-0.2, 0) is 26.2 Å². The van der Waals surface area contributed by atoms with Crippen molar-refractivity contribution in [3.8, 4) is 0 Å². The molecule has 1 N–H and O–H groups in total. The average molecular weight is 590 g/mol. The maximum atomic E-state index is 14.3. The molecule has 1 atom stereocenters. The quantitative estimate of drug-likeness (QED) is 0.294. The normalized spacial score (nSPS) is 14.7. The van der Waals surface area contributed by atoms with Crippen molar-refractivity contribution in [2.45, 2.75) is 89.7 Å². The number of hydrogen-bond donors (Lipinski definition) is 1. The van der Waals surface area contributed by atoms with Crippen LogP contribution in [0.1, 0.15) is 67.7 Å². The number of rotatable bonds is 11. The molecule has 0 aliphatic heterocycles. The van der Waals surface area contributed by atoms with Crippen LogP contribution in [0, 0.1) is 20.8 Å². The van der Waals surface area contributed by atoms with Gasteiger partial charge < -0.3 is 10.2 Å². The largest absolute Gasteiger partial charge is 0.352 e. The van der Waals surface area contributed by atoms with Crippen LogP contribution in [0.25, 0.3) is 0 Å². The number of sulfonamides is 1. The molecule has 7 nitrogen and oxygen atoms in total. The Balaban J connectivity index is 1.72. The molecule has 0 aromatic heterocycles. The van der Waals surface area contributed by atoms with Gasteiger partial charge in [-0.15, -0.1) is 0 Å². The summed E-state index contributed by atoms with van der Waals surface area (Å²) < 4.78 is 29.3. The summed E-state index contributed by atoms with van der Waals surface area (Å²) in [5.41, 5.74) is 4.11. The van der Waals surface area contributed by atoms with Crippen molar-refractivity contribution in [1.29, 1.82) is 0 Å². The van der Waals surface area contributed by atoms with Crippen molar-refractivity contribution < 1.29 is 18.0 Å². The zero-order chi connectivity index (χ0) is 30.3. The zero-order valence-corrected chi connectivity index (χ0v) is 26.0. The van der Waals surface area contributed by atoms with Gasteiger partial charge in [0.15, 0.2) is 0 Å². The Morgan fingerprint density at radius 1 is 0.881 bits per heavy atom. The summed E-state index contributed by atoms with van der Waals surface area (Å²) in [5, 5.41) is 3.19. The fourth-order valence-corrected chi connectivity index (χ4v) is 7.09. The minimum absolute atomic E-state index is 0.0986. The predicted octanol–water partition coefficient (Wildman–Crippen LogP) is 6.06. The Morgan fingerprint density at radius 3 is 2.19 bits per heavy atom. The molecule has 3 aromatic carbocycles. The number of aryl methyl sites for hydroxylation is 2. The van der Waals surface area contributed by atoms with Gasteiger partial charge in [-0.2, -0.15) is 0 Å². The Labute approximate surface area is 251 Å². The number of hydrogen-bond acceptors (Lipinski definition) is 4. The second kappa shape index (κ2) is 14.0. The number of nitrogens with one attached hydrogen (secondary N) is 1. The van der Waals surface area contributed by atoms with Gasteiger partial charge in [0, 0.05) is 12.6 Å². The highest BCUT2D eigenvalue weighted by Crippen LogP contribution is 2.29. The fourth-order valence-electron chi connectivity index (χ4n) is 5.59. The van der Waals surface area contributed by atoms with Crippen LogP contribution in [-0.4, -0.2) is 43.8 Å². The van der Waals surface area contributed by atoms with E-state index in [-0.39, 0.29) is 23.4 Å². The maximum absolute atomic E-state index is 14.3. The van der Waals surface area contributed by atoms with Crippen LogP contribution >= 0.6 is 0 Å². The van der Waals surface area contributed by atoms with Crippen molar-refractivity contribution in [3.05, 3.63) is 95.1 Å². The Morgan fingerprint density at radius 2 is 1.55 bits per heavy atom. The molecule has 4 rings (SSSR count). The van der Waals surface area contributed by atoms with Gasteiger partial charge in [-0.05, 0) is 74.9 Å². The summed E-state index contributed by atoms with van der Waals surface area (Å²) in [6.45, 7) is 7.43. The van der Waals surface area contributed by atoms with E-state index >= 15 is 0 Å². The summed E-state index contributed by atoms with van der Waals surface area (Å²) in [7, 11) is -4.09. The Hall–Kier alpha value is -3.65. The van der Waals surface area contributed by atoms with Crippen LogP contribution in [0.4, 0.5) is 5.69 Å². The molecule has 224 valence electrons. The molecule has 2 amide bonds. The second-order valence-corrected chi connectivity index (χ2v) is 13.2. The van der Waals surface area contributed by atoms with Crippen molar-refractivity contribution >= 4 is 27.5 Å². The third-order valence-electron chi connectivity index (χ3n) is 8.27. The van der Waals surface area contributed by atoms with Crippen molar-refractivity contribution in [2.24, 2.45) is 0 Å². The first kappa shape index (κ1) is 31.3. The summed E-state index contributed by atoms with van der Waals surface area (Å²) in [5.74, 6) is -0.615. The van der Waals surface area contributed by atoms with Crippen molar-refractivity contribution in [2.75, 3.05) is 10.8 Å². The number of amides is 2. The van der Waals surface area contributed by atoms with E-state index in [0.29, 0.717) is 12.1 Å². The lowest BCUT2D eigenvalue weighted by atomic mass is 9.95. The zero-order valence-electron chi connectivity index (χ0n) is 25.2. The lowest BCUT2D eigenvalue weighted by molar-refractivity contribution is -0.140. The number of anilines is 1. The van der Waals surface area contributed by atoms with Crippen LogP contribution in [0.5, 0.6) is 0 Å². The van der Waals surface area contributed by atoms with Crippen molar-refractivity contribution in [3.63, 3.8) is 0 Å². The standard InChI is InChI=1S/C34H43N3O4S/c1-5-31(34(39)35-29-14-8-6-9-15-29)36(23-28-21-19-25(2)20-22-28)33(38)24-37(32-18-12-13-26(3)27(32)4)42(40,41)30-16-10-7-11-17-30/h7,10-13,16-22,29,31H,5-6,8-9,14-15,23-24H2,1-4H3,(H,35,39)/t31-/m1/s1. The van der Waals surface area contributed by atoms with E-state index in [1.807, 2.05) is 58.0 Å². The van der Waals surface area contributed by atoms with E-state index in [2.05, 4.69) is 5.32 Å². The maximum Gasteiger partial charge on any atom is 0.264 e. The van der Waals surface area contributed by atoms with E-state index in [1.54, 1.807) is 35.2 Å². The molecule has 0 spiro atoms. The second-order valence-electron chi connectivity index (χ2n) is 11.3. The van der Waals surface area contributed by atoms with Gasteiger partial charge in [-0.25, -0.2) is 8.42 Å². The number of carbonyl (C=O) groups is 2. The van der Waals surface area contributed by atoms with Gasteiger partial charge >= 0.3 is 0 Å². The van der Waals surface area contributed by atoms with Gasteiger partial charge in [-0.1, -0.05) is 86.3 Å². The Bertz CT molecular complexity index is 1470. The highest BCUT2D eigenvalue weighted by atomic mass is 32.2. The molecule has 0 radical (unpaired) electrons. The van der Waals surface area contributed by atoms with E-state index < -0.39 is 28.5 Å². The van der Waals surface area contributed by atoms with E-state index in [4.69, 9.17) is 0 Å². The SMILES string of the molecule is CC[C@H](C(=O)NC1CCCCC1)N(Cc1ccc(C)cc1)C(=O)CN(c1cccc(C)c1C)S(=O)(=O)c1ccccc1. The summed E-state index contributed by atoms with van der Waals surface area (Å²) in [4.78, 5) is 29.6. The topological polar surface area (TPSA) is 86.8 Å². The predicted molar refractivity (Wildman–Crippen MR) is 168 cm³/mol. The molecule has 0 saturated heterocycles. The lowest BCUT2D eigenvalue weighted by Crippen LogP contribution is -2.54. The molecule has 1 fully saturated rings. The molecule has 1 aliphatic carbocycles. The number of benzene rings is 3. The minimum Gasteiger partial charge on any atom is -0.352 e. The Kier molecular flexibility index (Phi) is 10.4. The van der Waals surface area contributed by atoms with E-state index in [1.165, 1.54) is 22.9 Å². The molecule has 0 heterocycles. The number of nitrogens with zero attached hydrogens (tertiary/aromatic N) is 2. The van der Waals surface area contributed by atoms with Crippen molar-refractivity contribution in [1.82, 2.24) is 10.2 Å². The van der Waals surface area contributed by atoms with Gasteiger partial charge in [0.1, 0.15) is 12.6 Å². The summed E-state index contributed by atoms with van der Waals surface area (Å²) in [6, 6.07) is 20.8. The third-order valence-corrected chi connectivity index (χ3v) is 10.0. The summed E-state index contributed by atoms with van der Waals surface area (Å²) >= 11 is 0. The van der Waals surface area contributed by atoms with E-state index in [9.17, 15) is 18.0 Å². The molecule has 3 aromatic rings. The molecular weight excluding hydrogens is 546 g/mol.